The minimum Gasteiger partial charge on any atom is -0.347 e. The molecule has 1 saturated heterocycles. The summed E-state index contributed by atoms with van der Waals surface area (Å²) in [5.41, 5.74) is 0.626. The molecule has 1 aliphatic heterocycles. The molecule has 1 fully saturated rings. The van der Waals surface area contributed by atoms with Gasteiger partial charge in [0, 0.05) is 15.6 Å². The van der Waals surface area contributed by atoms with E-state index in [1.165, 1.54) is 0 Å². The third-order valence-electron chi connectivity index (χ3n) is 2.04. The van der Waals surface area contributed by atoms with Crippen LogP contribution in [0.4, 0.5) is 0 Å². The number of carbonyl (C=O) groups excluding carboxylic acids is 1. The van der Waals surface area contributed by atoms with E-state index in [9.17, 15) is 4.79 Å². The largest absolute Gasteiger partial charge is 0.347 e. The number of halogens is 2. The van der Waals surface area contributed by atoms with E-state index in [-0.39, 0.29) is 5.91 Å². The Kier molecular flexibility index (Phi) is 2.82. The average molecular weight is 261 g/mol. The molecule has 1 aromatic carbocycles. The van der Waals surface area contributed by atoms with E-state index < -0.39 is 6.04 Å². The molecule has 78 valence electrons. The van der Waals surface area contributed by atoms with Crippen LogP contribution >= 0.6 is 35.4 Å². The monoisotopic (exact) mass is 260 g/mol. The van der Waals surface area contributed by atoms with E-state index in [0.29, 0.717) is 20.7 Å². The number of thiocarbonyl (C=S) groups is 1. The van der Waals surface area contributed by atoms with E-state index in [0.717, 1.165) is 0 Å². The topological polar surface area (TPSA) is 41.1 Å². The van der Waals surface area contributed by atoms with Crippen LogP contribution < -0.4 is 10.6 Å². The zero-order valence-corrected chi connectivity index (χ0v) is 9.71. The molecule has 6 heteroatoms. The Hall–Kier alpha value is -0.840. The lowest BCUT2D eigenvalue weighted by Gasteiger charge is -2.10. The summed E-state index contributed by atoms with van der Waals surface area (Å²) in [6.45, 7) is 0. The first-order valence-corrected chi connectivity index (χ1v) is 5.30. The van der Waals surface area contributed by atoms with Crippen molar-refractivity contribution < 1.29 is 4.79 Å². The molecule has 3 nitrogen and oxygen atoms in total. The van der Waals surface area contributed by atoms with Crippen LogP contribution in [0.5, 0.6) is 0 Å². The van der Waals surface area contributed by atoms with Crippen LogP contribution in [-0.2, 0) is 4.79 Å². The lowest BCUT2D eigenvalue weighted by atomic mass is 10.1. The third kappa shape index (κ3) is 2.07. The second-order valence-electron chi connectivity index (χ2n) is 3.06. The fourth-order valence-corrected chi connectivity index (χ4v) is 2.00. The van der Waals surface area contributed by atoms with Gasteiger partial charge in [-0.1, -0.05) is 23.2 Å². The van der Waals surface area contributed by atoms with Gasteiger partial charge in [0.25, 0.3) is 5.91 Å². The second kappa shape index (κ2) is 3.96. The standard InChI is InChI=1S/C9H6Cl2N2OS/c10-4-1-2-6(11)5(3-4)7-8(14)13-9(15)12-7/h1-3,7H,(H2,12,13,14,15). The number of benzene rings is 1. The molecule has 0 aromatic heterocycles. The molecule has 0 spiro atoms. The fraction of sp³-hybridized carbons (Fsp3) is 0.111. The molecule has 1 unspecified atom stereocenters. The molecule has 1 heterocycles. The Morgan fingerprint density at radius 1 is 1.33 bits per heavy atom. The zero-order chi connectivity index (χ0) is 11.0. The molecule has 1 aliphatic rings. The van der Waals surface area contributed by atoms with Gasteiger partial charge in [-0.25, -0.2) is 0 Å². The van der Waals surface area contributed by atoms with Gasteiger partial charge in [0.2, 0.25) is 0 Å². The number of amides is 1. The van der Waals surface area contributed by atoms with Crippen molar-refractivity contribution in [1.29, 1.82) is 0 Å². The number of hydrogen-bond acceptors (Lipinski definition) is 2. The van der Waals surface area contributed by atoms with Gasteiger partial charge in [-0.2, -0.15) is 0 Å². The molecular weight excluding hydrogens is 255 g/mol. The zero-order valence-electron chi connectivity index (χ0n) is 7.38. The van der Waals surface area contributed by atoms with Crippen LogP contribution in [0.1, 0.15) is 11.6 Å². The van der Waals surface area contributed by atoms with Crippen molar-refractivity contribution in [2.75, 3.05) is 0 Å². The van der Waals surface area contributed by atoms with Gasteiger partial charge < -0.3 is 10.6 Å². The summed E-state index contributed by atoms with van der Waals surface area (Å²) in [6, 6.07) is 4.41. The second-order valence-corrected chi connectivity index (χ2v) is 4.31. The summed E-state index contributed by atoms with van der Waals surface area (Å²) >= 11 is 16.6. The molecule has 15 heavy (non-hydrogen) atoms. The van der Waals surface area contributed by atoms with Gasteiger partial charge in [-0.05, 0) is 30.4 Å². The van der Waals surface area contributed by atoms with Gasteiger partial charge in [0.15, 0.2) is 5.11 Å². The van der Waals surface area contributed by atoms with Crippen LogP contribution in [0.3, 0.4) is 0 Å². The summed E-state index contributed by atoms with van der Waals surface area (Å²) < 4.78 is 0. The van der Waals surface area contributed by atoms with Crippen LogP contribution in [0.15, 0.2) is 18.2 Å². The maximum Gasteiger partial charge on any atom is 0.253 e. The average Bonchev–Trinajstić information content (AvgIpc) is 2.50. The third-order valence-corrected chi connectivity index (χ3v) is 2.84. The first kappa shape index (κ1) is 10.7. The Bertz CT molecular complexity index is 450. The van der Waals surface area contributed by atoms with E-state index in [4.69, 9.17) is 35.4 Å². The Labute approximate surface area is 102 Å². The number of nitrogens with one attached hydrogen (secondary N) is 2. The van der Waals surface area contributed by atoms with Crippen molar-refractivity contribution in [1.82, 2.24) is 10.6 Å². The summed E-state index contributed by atoms with van der Waals surface area (Å²) in [7, 11) is 0. The molecule has 0 radical (unpaired) electrons. The molecule has 2 rings (SSSR count). The van der Waals surface area contributed by atoms with Crippen molar-refractivity contribution in [3.8, 4) is 0 Å². The molecule has 0 bridgehead atoms. The summed E-state index contributed by atoms with van der Waals surface area (Å²) in [5.74, 6) is -0.218. The molecule has 1 amide bonds. The molecule has 1 atom stereocenters. The Morgan fingerprint density at radius 3 is 2.67 bits per heavy atom. The molecular formula is C9H6Cl2N2OS. The minimum absolute atomic E-state index is 0.218. The summed E-state index contributed by atoms with van der Waals surface area (Å²) in [6.07, 6.45) is 0. The Morgan fingerprint density at radius 2 is 2.07 bits per heavy atom. The van der Waals surface area contributed by atoms with Gasteiger partial charge in [-0.3, -0.25) is 4.79 Å². The van der Waals surface area contributed by atoms with Crippen molar-refractivity contribution in [2.45, 2.75) is 6.04 Å². The predicted molar refractivity (Wildman–Crippen MR) is 63.1 cm³/mol. The maximum atomic E-state index is 11.5. The van der Waals surface area contributed by atoms with E-state index >= 15 is 0 Å². The molecule has 0 saturated carbocycles. The highest BCUT2D eigenvalue weighted by Gasteiger charge is 2.30. The highest BCUT2D eigenvalue weighted by Crippen LogP contribution is 2.27. The van der Waals surface area contributed by atoms with E-state index in [2.05, 4.69) is 10.6 Å². The quantitative estimate of drug-likeness (QED) is 0.760. The maximum absolute atomic E-state index is 11.5. The smallest absolute Gasteiger partial charge is 0.253 e. The van der Waals surface area contributed by atoms with E-state index in [1.807, 2.05) is 0 Å². The molecule has 1 aromatic rings. The van der Waals surface area contributed by atoms with Crippen LogP contribution in [0.2, 0.25) is 10.0 Å². The first-order chi connectivity index (χ1) is 7.08. The van der Waals surface area contributed by atoms with Crippen LogP contribution in [0.25, 0.3) is 0 Å². The van der Waals surface area contributed by atoms with E-state index in [1.54, 1.807) is 18.2 Å². The van der Waals surface area contributed by atoms with Crippen molar-refractivity contribution >= 4 is 46.4 Å². The highest BCUT2D eigenvalue weighted by molar-refractivity contribution is 7.80. The number of rotatable bonds is 1. The SMILES string of the molecule is O=C1NC(=S)NC1c1cc(Cl)ccc1Cl. The summed E-state index contributed by atoms with van der Waals surface area (Å²) in [5, 5.41) is 6.63. The van der Waals surface area contributed by atoms with Crippen LogP contribution in [0, 0.1) is 0 Å². The predicted octanol–water partition coefficient (Wildman–Crippen LogP) is 2.04. The van der Waals surface area contributed by atoms with Gasteiger partial charge in [0.1, 0.15) is 6.04 Å². The fourth-order valence-electron chi connectivity index (χ4n) is 1.37. The van der Waals surface area contributed by atoms with Gasteiger partial charge in [0.05, 0.1) is 0 Å². The lowest BCUT2D eigenvalue weighted by molar-refractivity contribution is -0.120. The van der Waals surface area contributed by atoms with Gasteiger partial charge >= 0.3 is 0 Å². The number of carbonyl (C=O) groups is 1. The van der Waals surface area contributed by atoms with Gasteiger partial charge in [-0.15, -0.1) is 0 Å². The normalized spacial score (nSPS) is 20.0. The van der Waals surface area contributed by atoms with Crippen molar-refractivity contribution in [2.24, 2.45) is 0 Å². The van der Waals surface area contributed by atoms with Crippen molar-refractivity contribution in [3.63, 3.8) is 0 Å². The Balaban J connectivity index is 2.41. The first-order valence-electron chi connectivity index (χ1n) is 4.14. The highest BCUT2D eigenvalue weighted by atomic mass is 35.5. The number of hydrogen-bond donors (Lipinski definition) is 2. The van der Waals surface area contributed by atoms with Crippen LogP contribution in [-0.4, -0.2) is 11.0 Å². The lowest BCUT2D eigenvalue weighted by Crippen LogP contribution is -2.21. The van der Waals surface area contributed by atoms with Crippen molar-refractivity contribution in [3.05, 3.63) is 33.8 Å². The molecule has 2 N–H and O–H groups in total. The summed E-state index contributed by atoms with van der Waals surface area (Å²) in [4.78, 5) is 11.5. The minimum atomic E-state index is -0.552. The molecule has 0 aliphatic carbocycles.